The molecule has 3 rings (SSSR count). The van der Waals surface area contributed by atoms with Crippen LogP contribution in [-0.2, 0) is 6.54 Å². The topological polar surface area (TPSA) is 76.2 Å². The Morgan fingerprint density at radius 1 is 1.35 bits per heavy atom. The minimum atomic E-state index is -0.147. The monoisotopic (exact) mass is 273 g/mol. The third kappa shape index (κ3) is 2.45. The molecule has 1 aliphatic rings. The van der Waals surface area contributed by atoms with Crippen LogP contribution in [0.1, 0.15) is 21.6 Å². The highest BCUT2D eigenvalue weighted by Crippen LogP contribution is 2.30. The lowest BCUT2D eigenvalue weighted by Crippen LogP contribution is -2.23. The number of benzene rings is 1. The average molecular weight is 273 g/mol. The molecule has 104 valence electrons. The summed E-state index contributed by atoms with van der Waals surface area (Å²) in [5.41, 5.74) is 2.27. The molecular formula is C14H15N3O3. The maximum Gasteiger partial charge on any atom is 0.255 e. The van der Waals surface area contributed by atoms with Crippen molar-refractivity contribution in [1.82, 2.24) is 15.5 Å². The zero-order chi connectivity index (χ0) is 13.9. The van der Waals surface area contributed by atoms with E-state index in [2.05, 4.69) is 15.5 Å². The molecular weight excluding hydrogens is 258 g/mol. The lowest BCUT2D eigenvalue weighted by molar-refractivity contribution is 0.0950. The number of H-pyrrole nitrogens is 1. The van der Waals surface area contributed by atoms with Gasteiger partial charge in [-0.05, 0) is 24.6 Å². The number of aryl methyl sites for hydroxylation is 1. The molecule has 2 aromatic rings. The van der Waals surface area contributed by atoms with Gasteiger partial charge in [0.25, 0.3) is 5.91 Å². The number of ether oxygens (including phenoxy) is 2. The Hall–Kier alpha value is -2.50. The number of fused-ring (bicyclic) bond motifs is 1. The third-order valence-corrected chi connectivity index (χ3v) is 3.13. The number of nitrogens with one attached hydrogen (secondary N) is 2. The van der Waals surface area contributed by atoms with Crippen molar-refractivity contribution in [3.05, 3.63) is 41.2 Å². The van der Waals surface area contributed by atoms with E-state index in [1.54, 1.807) is 0 Å². The summed E-state index contributed by atoms with van der Waals surface area (Å²) in [6.45, 7) is 3.37. The fourth-order valence-corrected chi connectivity index (χ4v) is 2.05. The summed E-state index contributed by atoms with van der Waals surface area (Å²) in [5.74, 6) is 1.32. The van der Waals surface area contributed by atoms with Gasteiger partial charge in [-0.1, -0.05) is 6.07 Å². The first kappa shape index (κ1) is 12.5. The fourth-order valence-electron chi connectivity index (χ4n) is 2.05. The van der Waals surface area contributed by atoms with Crippen LogP contribution in [0.25, 0.3) is 0 Å². The summed E-state index contributed by atoms with van der Waals surface area (Å²) in [5, 5.41) is 9.43. The number of nitrogens with zero attached hydrogens (tertiary/aromatic N) is 1. The first-order valence-electron chi connectivity index (χ1n) is 6.41. The molecule has 0 aliphatic carbocycles. The summed E-state index contributed by atoms with van der Waals surface area (Å²) in [6, 6.07) is 5.66. The van der Waals surface area contributed by atoms with Crippen LogP contribution in [-0.4, -0.2) is 29.3 Å². The van der Waals surface area contributed by atoms with E-state index < -0.39 is 0 Å². The average Bonchev–Trinajstić information content (AvgIpc) is 2.91. The van der Waals surface area contributed by atoms with Gasteiger partial charge in [0.05, 0.1) is 11.8 Å². The van der Waals surface area contributed by atoms with E-state index in [-0.39, 0.29) is 5.91 Å². The van der Waals surface area contributed by atoms with Gasteiger partial charge >= 0.3 is 0 Å². The van der Waals surface area contributed by atoms with Crippen LogP contribution in [0.3, 0.4) is 0 Å². The Morgan fingerprint density at radius 3 is 2.90 bits per heavy atom. The fraction of sp³-hybridized carbons (Fsp3) is 0.286. The Bertz CT molecular complexity index is 636. The molecule has 0 fully saturated rings. The lowest BCUT2D eigenvalue weighted by atomic mass is 10.2. The molecule has 2 heterocycles. The molecule has 20 heavy (non-hydrogen) atoms. The van der Waals surface area contributed by atoms with Gasteiger partial charge in [0.15, 0.2) is 11.5 Å². The molecule has 6 heteroatoms. The standard InChI is InChI=1S/C14H15N3O3/c1-9-11(8-16-17-9)14(18)15-7-10-2-3-12-13(6-10)20-5-4-19-12/h2-3,6,8H,4-5,7H2,1H3,(H,15,18)(H,16,17). The molecule has 0 atom stereocenters. The summed E-state index contributed by atoms with van der Waals surface area (Å²) >= 11 is 0. The van der Waals surface area contributed by atoms with Crippen LogP contribution in [0.2, 0.25) is 0 Å². The summed E-state index contributed by atoms with van der Waals surface area (Å²) in [7, 11) is 0. The van der Waals surface area contributed by atoms with Crippen LogP contribution in [0.4, 0.5) is 0 Å². The maximum absolute atomic E-state index is 12.0. The summed E-state index contributed by atoms with van der Waals surface area (Å²) < 4.78 is 11.0. The molecule has 1 aromatic heterocycles. The second-order valence-electron chi connectivity index (χ2n) is 4.57. The molecule has 1 aromatic carbocycles. The van der Waals surface area contributed by atoms with Gasteiger partial charge in [-0.25, -0.2) is 0 Å². The van der Waals surface area contributed by atoms with Gasteiger partial charge in [0.2, 0.25) is 0 Å². The number of carbonyl (C=O) groups is 1. The minimum Gasteiger partial charge on any atom is -0.486 e. The van der Waals surface area contributed by atoms with E-state index in [0.29, 0.717) is 25.3 Å². The predicted octanol–water partition coefficient (Wildman–Crippen LogP) is 1.42. The van der Waals surface area contributed by atoms with Crippen molar-refractivity contribution in [2.45, 2.75) is 13.5 Å². The Balaban J connectivity index is 1.67. The number of aromatic nitrogens is 2. The second-order valence-corrected chi connectivity index (χ2v) is 4.57. The highest BCUT2D eigenvalue weighted by atomic mass is 16.6. The quantitative estimate of drug-likeness (QED) is 0.886. The van der Waals surface area contributed by atoms with Crippen molar-refractivity contribution in [1.29, 1.82) is 0 Å². The van der Waals surface area contributed by atoms with E-state index in [1.165, 1.54) is 6.20 Å². The zero-order valence-electron chi connectivity index (χ0n) is 11.1. The first-order valence-corrected chi connectivity index (χ1v) is 6.41. The molecule has 2 N–H and O–H groups in total. The molecule has 0 saturated heterocycles. The number of carbonyl (C=O) groups excluding carboxylic acids is 1. The zero-order valence-corrected chi connectivity index (χ0v) is 11.1. The Morgan fingerprint density at radius 2 is 2.15 bits per heavy atom. The summed E-state index contributed by atoms with van der Waals surface area (Å²) in [6.07, 6.45) is 1.52. The molecule has 0 radical (unpaired) electrons. The van der Waals surface area contributed by atoms with Crippen molar-refractivity contribution in [2.24, 2.45) is 0 Å². The van der Waals surface area contributed by atoms with Crippen molar-refractivity contribution >= 4 is 5.91 Å². The highest BCUT2D eigenvalue weighted by molar-refractivity contribution is 5.94. The van der Waals surface area contributed by atoms with Crippen LogP contribution >= 0.6 is 0 Å². The van der Waals surface area contributed by atoms with E-state index in [9.17, 15) is 4.79 Å². The lowest BCUT2D eigenvalue weighted by Gasteiger charge is -2.18. The van der Waals surface area contributed by atoms with Gasteiger partial charge in [-0.3, -0.25) is 9.89 Å². The van der Waals surface area contributed by atoms with Gasteiger partial charge in [0.1, 0.15) is 13.2 Å². The van der Waals surface area contributed by atoms with E-state index in [4.69, 9.17) is 9.47 Å². The van der Waals surface area contributed by atoms with Gasteiger partial charge in [-0.15, -0.1) is 0 Å². The Kier molecular flexibility index (Phi) is 3.28. The van der Waals surface area contributed by atoms with E-state index in [1.807, 2.05) is 25.1 Å². The molecule has 6 nitrogen and oxygen atoms in total. The molecule has 0 bridgehead atoms. The predicted molar refractivity (Wildman–Crippen MR) is 71.9 cm³/mol. The van der Waals surface area contributed by atoms with E-state index >= 15 is 0 Å². The minimum absolute atomic E-state index is 0.147. The number of rotatable bonds is 3. The van der Waals surface area contributed by atoms with Crippen molar-refractivity contribution < 1.29 is 14.3 Å². The SMILES string of the molecule is Cc1[nH]ncc1C(=O)NCc1ccc2c(c1)OCCO2. The van der Waals surface area contributed by atoms with Crippen LogP contribution < -0.4 is 14.8 Å². The van der Waals surface area contributed by atoms with Crippen LogP contribution in [0.15, 0.2) is 24.4 Å². The number of hydrogen-bond donors (Lipinski definition) is 2. The van der Waals surface area contributed by atoms with Gasteiger partial charge < -0.3 is 14.8 Å². The number of amides is 1. The molecule has 0 saturated carbocycles. The maximum atomic E-state index is 12.0. The van der Waals surface area contributed by atoms with E-state index in [0.717, 1.165) is 22.8 Å². The molecule has 1 amide bonds. The largest absolute Gasteiger partial charge is 0.486 e. The van der Waals surface area contributed by atoms with Gasteiger partial charge in [-0.2, -0.15) is 5.10 Å². The third-order valence-electron chi connectivity index (χ3n) is 3.13. The smallest absolute Gasteiger partial charge is 0.255 e. The highest BCUT2D eigenvalue weighted by Gasteiger charge is 2.13. The van der Waals surface area contributed by atoms with Gasteiger partial charge in [0, 0.05) is 12.2 Å². The first-order chi connectivity index (χ1) is 9.74. The van der Waals surface area contributed by atoms with Crippen molar-refractivity contribution in [3.8, 4) is 11.5 Å². The molecule has 0 unspecified atom stereocenters. The van der Waals surface area contributed by atoms with Crippen molar-refractivity contribution in [2.75, 3.05) is 13.2 Å². The van der Waals surface area contributed by atoms with Crippen molar-refractivity contribution in [3.63, 3.8) is 0 Å². The summed E-state index contributed by atoms with van der Waals surface area (Å²) in [4.78, 5) is 12.0. The molecule has 1 aliphatic heterocycles. The van der Waals surface area contributed by atoms with Crippen LogP contribution in [0, 0.1) is 6.92 Å². The second kappa shape index (κ2) is 5.24. The normalized spacial score (nSPS) is 13.1. The number of hydrogen-bond acceptors (Lipinski definition) is 4. The number of aromatic amines is 1. The Labute approximate surface area is 116 Å². The van der Waals surface area contributed by atoms with Crippen LogP contribution in [0.5, 0.6) is 11.5 Å². The molecule has 0 spiro atoms.